The molecular weight excluding hydrogens is 442 g/mol. The van der Waals surface area contributed by atoms with E-state index in [-0.39, 0.29) is 41.6 Å². The first kappa shape index (κ1) is 27.1. The van der Waals surface area contributed by atoms with Crippen molar-refractivity contribution in [2.24, 2.45) is 52.1 Å². The predicted octanol–water partition coefficient (Wildman–Crippen LogP) is 4.11. The van der Waals surface area contributed by atoms with Crippen LogP contribution in [0.3, 0.4) is 0 Å². The molecule has 5 aliphatic rings. The molecular formula is C29H49NO5. The minimum absolute atomic E-state index is 0.0591. The average molecular weight is 492 g/mol. The number of carbonyl (C=O) groups is 1. The fourth-order valence-corrected chi connectivity index (χ4v) is 9.37. The molecule has 200 valence electrons. The molecule has 0 radical (unpaired) electrons. The first-order valence-electron chi connectivity index (χ1n) is 14.2. The van der Waals surface area contributed by atoms with E-state index in [1.807, 2.05) is 12.2 Å². The SMILES string of the molecule is C[C@H](CCC(=O)O)[C@H]1CC[C@H]2[C@@H]3CC[C@@H]4C[C@H](O)CC[C@]4(C)[C@H]3C[C@H](O)[C@]12C.N[C@@H]1C=CC[C@H]1O. The highest BCUT2D eigenvalue weighted by atomic mass is 16.4. The average Bonchev–Trinajstić information content (AvgIpc) is 3.36. The highest BCUT2D eigenvalue weighted by Gasteiger charge is 2.63. The summed E-state index contributed by atoms with van der Waals surface area (Å²) in [6, 6.07) is -0.111. The first-order valence-corrected chi connectivity index (χ1v) is 14.2. The number of rotatable bonds is 4. The third-order valence-corrected chi connectivity index (χ3v) is 11.5. The molecule has 0 heterocycles. The summed E-state index contributed by atoms with van der Waals surface area (Å²) in [6.45, 7) is 6.99. The van der Waals surface area contributed by atoms with Gasteiger partial charge in [-0.2, -0.15) is 0 Å². The highest BCUT2D eigenvalue weighted by Crippen LogP contribution is 2.68. The van der Waals surface area contributed by atoms with Crippen LogP contribution in [0.4, 0.5) is 0 Å². The smallest absolute Gasteiger partial charge is 0.303 e. The van der Waals surface area contributed by atoms with Crippen molar-refractivity contribution in [3.63, 3.8) is 0 Å². The fraction of sp³-hybridized carbons (Fsp3) is 0.897. The molecule has 6 N–H and O–H groups in total. The summed E-state index contributed by atoms with van der Waals surface area (Å²) in [5, 5.41) is 39.6. The van der Waals surface area contributed by atoms with E-state index in [1.165, 1.54) is 19.3 Å². The molecule has 0 aromatic carbocycles. The maximum atomic E-state index is 11.5. The van der Waals surface area contributed by atoms with Crippen LogP contribution in [0.25, 0.3) is 0 Å². The van der Waals surface area contributed by atoms with Crippen molar-refractivity contribution in [2.75, 3.05) is 0 Å². The van der Waals surface area contributed by atoms with Crippen molar-refractivity contribution in [3.8, 4) is 0 Å². The molecule has 0 aromatic heterocycles. The predicted molar refractivity (Wildman–Crippen MR) is 136 cm³/mol. The van der Waals surface area contributed by atoms with Gasteiger partial charge in [0.05, 0.1) is 18.3 Å². The van der Waals surface area contributed by atoms with Crippen LogP contribution in [-0.2, 0) is 4.79 Å². The number of aliphatic hydroxyl groups excluding tert-OH is 3. The minimum Gasteiger partial charge on any atom is -0.481 e. The highest BCUT2D eigenvalue weighted by molar-refractivity contribution is 5.66. The Bertz CT molecular complexity index is 787. The normalized spacial score (nSPS) is 49.3. The fourth-order valence-electron chi connectivity index (χ4n) is 9.37. The number of fused-ring (bicyclic) bond motifs is 5. The molecule has 0 aromatic rings. The van der Waals surface area contributed by atoms with Crippen molar-refractivity contribution in [1.82, 2.24) is 0 Å². The van der Waals surface area contributed by atoms with Gasteiger partial charge in [-0.25, -0.2) is 0 Å². The number of nitrogens with two attached hydrogens (primary N) is 1. The molecule has 6 nitrogen and oxygen atoms in total. The minimum atomic E-state index is -0.707. The monoisotopic (exact) mass is 491 g/mol. The second-order valence-corrected chi connectivity index (χ2v) is 13.1. The van der Waals surface area contributed by atoms with E-state index in [0.717, 1.165) is 44.9 Å². The molecule has 0 bridgehead atoms. The lowest BCUT2D eigenvalue weighted by Crippen LogP contribution is -2.58. The molecule has 0 amide bonds. The van der Waals surface area contributed by atoms with Crippen LogP contribution in [0, 0.1) is 46.3 Å². The number of aliphatic hydroxyl groups is 3. The molecule has 0 spiro atoms. The van der Waals surface area contributed by atoms with E-state index >= 15 is 0 Å². The molecule has 6 heteroatoms. The molecule has 35 heavy (non-hydrogen) atoms. The van der Waals surface area contributed by atoms with Crippen molar-refractivity contribution in [3.05, 3.63) is 12.2 Å². The van der Waals surface area contributed by atoms with E-state index in [1.54, 1.807) is 0 Å². The van der Waals surface area contributed by atoms with Gasteiger partial charge in [-0.15, -0.1) is 0 Å². The zero-order chi connectivity index (χ0) is 25.5. The summed E-state index contributed by atoms with van der Waals surface area (Å²) in [6.07, 6.45) is 13.4. The number of carboxylic acids is 1. The Morgan fingerprint density at radius 3 is 2.40 bits per heavy atom. The van der Waals surface area contributed by atoms with Gasteiger partial charge in [-0.3, -0.25) is 4.79 Å². The van der Waals surface area contributed by atoms with Crippen LogP contribution in [0.5, 0.6) is 0 Å². The summed E-state index contributed by atoms with van der Waals surface area (Å²) >= 11 is 0. The number of aliphatic carboxylic acids is 1. The summed E-state index contributed by atoms with van der Waals surface area (Å²) in [7, 11) is 0. The molecule has 4 fully saturated rings. The van der Waals surface area contributed by atoms with Crippen molar-refractivity contribution in [2.45, 2.75) is 116 Å². The number of hydrogen-bond acceptors (Lipinski definition) is 5. The second-order valence-electron chi connectivity index (χ2n) is 13.1. The lowest BCUT2D eigenvalue weighted by Gasteiger charge is -2.62. The van der Waals surface area contributed by atoms with Crippen LogP contribution < -0.4 is 5.73 Å². The maximum absolute atomic E-state index is 11.5. The van der Waals surface area contributed by atoms with Crippen LogP contribution in [0.15, 0.2) is 12.2 Å². The Kier molecular flexibility index (Phi) is 8.07. The summed E-state index contributed by atoms with van der Waals surface area (Å²) < 4.78 is 0. The molecule has 0 aliphatic heterocycles. The Balaban J connectivity index is 0.000000356. The Labute approximate surface area is 211 Å². The van der Waals surface area contributed by atoms with Crippen LogP contribution in [0.2, 0.25) is 0 Å². The van der Waals surface area contributed by atoms with E-state index in [4.69, 9.17) is 15.9 Å². The van der Waals surface area contributed by atoms with Gasteiger partial charge in [-0.05, 0) is 111 Å². The molecule has 0 saturated heterocycles. The van der Waals surface area contributed by atoms with Crippen molar-refractivity contribution in [1.29, 1.82) is 0 Å². The van der Waals surface area contributed by atoms with Crippen LogP contribution >= 0.6 is 0 Å². The quantitative estimate of drug-likeness (QED) is 0.377. The van der Waals surface area contributed by atoms with Gasteiger partial charge in [0.1, 0.15) is 0 Å². The van der Waals surface area contributed by atoms with E-state index < -0.39 is 5.97 Å². The van der Waals surface area contributed by atoms with E-state index in [2.05, 4.69) is 20.8 Å². The zero-order valence-electron chi connectivity index (χ0n) is 22.0. The van der Waals surface area contributed by atoms with Gasteiger partial charge in [0, 0.05) is 12.5 Å². The first-order chi connectivity index (χ1) is 16.5. The van der Waals surface area contributed by atoms with E-state index in [0.29, 0.717) is 35.5 Å². The molecule has 12 atom stereocenters. The van der Waals surface area contributed by atoms with Gasteiger partial charge in [0.2, 0.25) is 0 Å². The molecule has 5 aliphatic carbocycles. The third-order valence-electron chi connectivity index (χ3n) is 11.5. The van der Waals surface area contributed by atoms with Gasteiger partial charge in [-0.1, -0.05) is 32.9 Å². The van der Waals surface area contributed by atoms with Gasteiger partial charge in [0.15, 0.2) is 0 Å². The van der Waals surface area contributed by atoms with Gasteiger partial charge >= 0.3 is 5.97 Å². The largest absolute Gasteiger partial charge is 0.481 e. The van der Waals surface area contributed by atoms with Gasteiger partial charge < -0.3 is 26.2 Å². The Morgan fingerprint density at radius 1 is 1.06 bits per heavy atom. The molecule has 4 saturated carbocycles. The Hall–Kier alpha value is -0.950. The summed E-state index contributed by atoms with van der Waals surface area (Å²) in [5.74, 6) is 2.55. The zero-order valence-corrected chi connectivity index (χ0v) is 22.0. The standard InChI is InChI=1S/C24H40O4.C5H9NO/c1-14(4-9-22(27)28)18-7-8-19-17-6-5-15-12-16(25)10-11-23(15,2)20(17)13-21(26)24(18,19)3;6-4-2-1-3-5(4)7/h14-21,25-26H,4-13H2,1-3H3,(H,27,28);1-2,4-5,7H,3,6H2/t14-,15-,16-,17+,18-,19+,20+,21+,23+,24-;4-,5-/m11/s1. The van der Waals surface area contributed by atoms with Crippen molar-refractivity contribution >= 4 is 5.97 Å². The van der Waals surface area contributed by atoms with Gasteiger partial charge in [0.25, 0.3) is 0 Å². The topological polar surface area (TPSA) is 124 Å². The maximum Gasteiger partial charge on any atom is 0.303 e. The summed E-state index contributed by atoms with van der Waals surface area (Å²) in [5.41, 5.74) is 5.56. The van der Waals surface area contributed by atoms with Crippen molar-refractivity contribution < 1.29 is 25.2 Å². The Morgan fingerprint density at radius 2 is 1.80 bits per heavy atom. The summed E-state index contributed by atoms with van der Waals surface area (Å²) in [4.78, 5) is 11.1. The van der Waals surface area contributed by atoms with E-state index in [9.17, 15) is 15.0 Å². The lowest BCUT2D eigenvalue weighted by atomic mass is 9.43. The number of hydrogen-bond donors (Lipinski definition) is 5. The number of carboxylic acid groups (broad SMARTS) is 1. The van der Waals surface area contributed by atoms with Crippen LogP contribution in [0.1, 0.15) is 91.4 Å². The molecule has 5 rings (SSSR count). The second kappa shape index (κ2) is 10.4. The lowest BCUT2D eigenvalue weighted by molar-refractivity contribution is -0.175. The molecule has 0 unspecified atom stereocenters. The van der Waals surface area contributed by atoms with Crippen LogP contribution in [-0.4, -0.2) is 50.7 Å². The third kappa shape index (κ3) is 4.97.